The Bertz CT molecular complexity index is 374. The Labute approximate surface area is 105 Å². The lowest BCUT2D eigenvalue weighted by atomic mass is 9.89. The molecule has 0 saturated heterocycles. The molecule has 2 saturated carbocycles. The van der Waals surface area contributed by atoms with E-state index in [2.05, 4.69) is 39.4 Å². The Hall–Kier alpha value is -0.380. The van der Waals surface area contributed by atoms with Gasteiger partial charge in [-0.25, -0.2) is 0 Å². The molecule has 3 nitrogen and oxygen atoms in total. The number of rotatable bonds is 3. The van der Waals surface area contributed by atoms with Gasteiger partial charge in [0.1, 0.15) is 0 Å². The Kier molecular flexibility index (Phi) is 2.78. The van der Waals surface area contributed by atoms with E-state index in [1.54, 1.807) is 0 Å². The van der Waals surface area contributed by atoms with Gasteiger partial charge in [-0.2, -0.15) is 0 Å². The van der Waals surface area contributed by atoms with E-state index in [-0.39, 0.29) is 0 Å². The van der Waals surface area contributed by atoms with Crippen LogP contribution in [0.4, 0.5) is 0 Å². The van der Waals surface area contributed by atoms with E-state index in [1.165, 1.54) is 25.7 Å². The summed E-state index contributed by atoms with van der Waals surface area (Å²) >= 11 is 3.53. The fraction of sp³-hybridized carbons (Fsp3) is 0.833. The van der Waals surface area contributed by atoms with Gasteiger partial charge < -0.3 is 0 Å². The number of halogens is 1. The number of alkyl halides is 1. The van der Waals surface area contributed by atoms with Gasteiger partial charge in [0.2, 0.25) is 0 Å². The standard InChI is InChI=1S/C12H18BrN3/c1-8(13)12-7-16(15-14-12)6-11-5-9-2-3-10(11)4-9/h7-11H,2-6H2,1H3. The zero-order valence-electron chi connectivity index (χ0n) is 9.64. The summed E-state index contributed by atoms with van der Waals surface area (Å²) in [6.45, 7) is 3.17. The highest BCUT2D eigenvalue weighted by atomic mass is 79.9. The zero-order chi connectivity index (χ0) is 11.1. The maximum absolute atomic E-state index is 4.22. The molecule has 88 valence electrons. The summed E-state index contributed by atoms with van der Waals surface area (Å²) in [5.74, 6) is 2.85. The van der Waals surface area contributed by atoms with Crippen molar-refractivity contribution in [3.8, 4) is 0 Å². The lowest BCUT2D eigenvalue weighted by Crippen LogP contribution is -2.17. The Morgan fingerprint density at radius 3 is 2.94 bits per heavy atom. The average Bonchev–Trinajstić information content (AvgIpc) is 2.91. The van der Waals surface area contributed by atoms with Gasteiger partial charge in [0.05, 0.1) is 10.5 Å². The molecule has 0 amide bonds. The molecular weight excluding hydrogens is 266 g/mol. The minimum atomic E-state index is 0.307. The maximum Gasteiger partial charge on any atom is 0.0960 e. The lowest BCUT2D eigenvalue weighted by Gasteiger charge is -2.20. The molecule has 0 spiro atoms. The van der Waals surface area contributed by atoms with Crippen LogP contribution in [0.15, 0.2) is 6.20 Å². The molecule has 0 N–H and O–H groups in total. The average molecular weight is 284 g/mol. The first-order valence-corrected chi connectivity index (χ1v) is 7.18. The lowest BCUT2D eigenvalue weighted by molar-refractivity contribution is 0.283. The summed E-state index contributed by atoms with van der Waals surface area (Å²) in [4.78, 5) is 0.307. The topological polar surface area (TPSA) is 30.7 Å². The third kappa shape index (κ3) is 1.92. The molecule has 4 unspecified atom stereocenters. The van der Waals surface area contributed by atoms with Crippen LogP contribution in [-0.4, -0.2) is 15.0 Å². The van der Waals surface area contributed by atoms with Crippen LogP contribution in [0.25, 0.3) is 0 Å². The van der Waals surface area contributed by atoms with Crippen molar-refractivity contribution in [3.05, 3.63) is 11.9 Å². The Morgan fingerprint density at radius 2 is 2.38 bits per heavy atom. The monoisotopic (exact) mass is 283 g/mol. The largest absolute Gasteiger partial charge is 0.252 e. The van der Waals surface area contributed by atoms with E-state index in [4.69, 9.17) is 0 Å². The molecular formula is C12H18BrN3. The smallest absolute Gasteiger partial charge is 0.0960 e. The second kappa shape index (κ2) is 4.13. The molecule has 2 aliphatic carbocycles. The van der Waals surface area contributed by atoms with Gasteiger partial charge in [-0.15, -0.1) is 5.10 Å². The highest BCUT2D eigenvalue weighted by Crippen LogP contribution is 2.48. The molecule has 1 aromatic rings. The van der Waals surface area contributed by atoms with Gasteiger partial charge >= 0.3 is 0 Å². The van der Waals surface area contributed by atoms with Crippen LogP contribution >= 0.6 is 15.9 Å². The van der Waals surface area contributed by atoms with Gasteiger partial charge in [0, 0.05) is 12.7 Å². The molecule has 2 aliphatic rings. The first-order chi connectivity index (χ1) is 7.72. The molecule has 4 atom stereocenters. The first-order valence-electron chi connectivity index (χ1n) is 6.26. The number of hydrogen-bond acceptors (Lipinski definition) is 2. The van der Waals surface area contributed by atoms with Gasteiger partial charge in [-0.05, 0) is 43.9 Å². The van der Waals surface area contributed by atoms with Crippen molar-refractivity contribution in [1.82, 2.24) is 15.0 Å². The van der Waals surface area contributed by atoms with Crippen LogP contribution in [-0.2, 0) is 6.54 Å². The molecule has 2 bridgehead atoms. The predicted octanol–water partition coefficient (Wildman–Crippen LogP) is 3.17. The van der Waals surface area contributed by atoms with Gasteiger partial charge in [0.15, 0.2) is 0 Å². The van der Waals surface area contributed by atoms with Crippen LogP contribution in [0, 0.1) is 17.8 Å². The van der Waals surface area contributed by atoms with Crippen LogP contribution in [0.2, 0.25) is 0 Å². The summed E-state index contributed by atoms with van der Waals surface area (Å²) in [6, 6.07) is 0. The number of nitrogens with zero attached hydrogens (tertiary/aromatic N) is 3. The van der Waals surface area contributed by atoms with Crippen molar-refractivity contribution < 1.29 is 0 Å². The van der Waals surface area contributed by atoms with E-state index in [0.29, 0.717) is 4.83 Å². The van der Waals surface area contributed by atoms with Crippen molar-refractivity contribution in [2.75, 3.05) is 0 Å². The number of hydrogen-bond donors (Lipinski definition) is 0. The molecule has 1 aromatic heterocycles. The van der Waals surface area contributed by atoms with Crippen molar-refractivity contribution >= 4 is 15.9 Å². The van der Waals surface area contributed by atoms with E-state index < -0.39 is 0 Å². The van der Waals surface area contributed by atoms with Gasteiger partial charge in [0.25, 0.3) is 0 Å². The molecule has 3 rings (SSSR count). The van der Waals surface area contributed by atoms with Crippen LogP contribution in [0.5, 0.6) is 0 Å². The molecule has 16 heavy (non-hydrogen) atoms. The fourth-order valence-corrected chi connectivity index (χ4v) is 3.64. The van der Waals surface area contributed by atoms with Crippen molar-refractivity contribution in [2.24, 2.45) is 17.8 Å². The van der Waals surface area contributed by atoms with Crippen LogP contribution < -0.4 is 0 Å². The normalized spacial score (nSPS) is 34.5. The SMILES string of the molecule is CC(Br)c1cn(CC2CC3CCC2C3)nn1. The molecule has 4 heteroatoms. The second-order valence-electron chi connectivity index (χ2n) is 5.42. The Morgan fingerprint density at radius 1 is 1.50 bits per heavy atom. The van der Waals surface area contributed by atoms with Crippen LogP contribution in [0.3, 0.4) is 0 Å². The summed E-state index contributed by atoms with van der Waals surface area (Å²) in [7, 11) is 0. The van der Waals surface area contributed by atoms with E-state index in [9.17, 15) is 0 Å². The van der Waals surface area contributed by atoms with E-state index in [1.807, 2.05) is 4.68 Å². The minimum absolute atomic E-state index is 0.307. The summed E-state index contributed by atoms with van der Waals surface area (Å²) < 4.78 is 2.04. The van der Waals surface area contributed by atoms with Gasteiger partial charge in [-0.3, -0.25) is 4.68 Å². The van der Waals surface area contributed by atoms with Crippen molar-refractivity contribution in [1.29, 1.82) is 0 Å². The summed E-state index contributed by atoms with van der Waals surface area (Å²) in [5, 5.41) is 8.41. The Balaban J connectivity index is 1.65. The molecule has 2 fully saturated rings. The molecule has 1 heterocycles. The van der Waals surface area contributed by atoms with Gasteiger partial charge in [-0.1, -0.05) is 27.6 Å². The van der Waals surface area contributed by atoms with Crippen molar-refractivity contribution in [2.45, 2.75) is 44.0 Å². The number of aromatic nitrogens is 3. The summed E-state index contributed by atoms with van der Waals surface area (Å²) in [5.41, 5.74) is 1.04. The molecule has 0 aliphatic heterocycles. The maximum atomic E-state index is 4.22. The summed E-state index contributed by atoms with van der Waals surface area (Å²) in [6.07, 6.45) is 7.91. The van der Waals surface area contributed by atoms with E-state index in [0.717, 1.165) is 30.0 Å². The van der Waals surface area contributed by atoms with Crippen LogP contribution in [0.1, 0.15) is 43.1 Å². The second-order valence-corrected chi connectivity index (χ2v) is 6.79. The zero-order valence-corrected chi connectivity index (χ0v) is 11.2. The highest BCUT2D eigenvalue weighted by Gasteiger charge is 2.39. The fourth-order valence-electron chi connectivity index (χ4n) is 3.43. The molecule has 0 radical (unpaired) electrons. The van der Waals surface area contributed by atoms with Crippen molar-refractivity contribution in [3.63, 3.8) is 0 Å². The third-order valence-electron chi connectivity index (χ3n) is 4.27. The minimum Gasteiger partial charge on any atom is -0.252 e. The number of fused-ring (bicyclic) bond motifs is 2. The third-order valence-corrected chi connectivity index (χ3v) is 4.74. The predicted molar refractivity (Wildman–Crippen MR) is 66.3 cm³/mol. The first kappa shape index (κ1) is 10.8. The van der Waals surface area contributed by atoms with E-state index >= 15 is 0 Å². The quantitative estimate of drug-likeness (QED) is 0.798. The highest BCUT2D eigenvalue weighted by molar-refractivity contribution is 9.09. The molecule has 0 aromatic carbocycles.